The second-order valence-electron chi connectivity index (χ2n) is 6.31. The zero-order valence-electron chi connectivity index (χ0n) is 15.9. The van der Waals surface area contributed by atoms with E-state index in [1.165, 1.54) is 33.5 Å². The van der Waals surface area contributed by atoms with E-state index in [9.17, 15) is 9.59 Å². The topological polar surface area (TPSA) is 71.1 Å². The highest BCUT2D eigenvalue weighted by Crippen LogP contribution is 2.39. The highest BCUT2D eigenvalue weighted by molar-refractivity contribution is 6.03. The van der Waals surface area contributed by atoms with Crippen LogP contribution in [0, 0.1) is 6.92 Å². The van der Waals surface area contributed by atoms with E-state index in [0.29, 0.717) is 35.0 Å². The number of carbonyl (C=O) groups is 2. The third-order valence-electron chi connectivity index (χ3n) is 4.72. The van der Waals surface area contributed by atoms with Gasteiger partial charge in [0.1, 0.15) is 5.75 Å². The number of hydrogen-bond acceptors (Lipinski definition) is 6. The molecule has 0 amide bonds. The number of hydrogen-bond donors (Lipinski definition) is 0. The van der Waals surface area contributed by atoms with Crippen LogP contribution in [0.15, 0.2) is 24.3 Å². The molecule has 0 N–H and O–H groups in total. The van der Waals surface area contributed by atoms with Crippen molar-refractivity contribution < 1.29 is 28.5 Å². The molecule has 0 atom stereocenters. The lowest BCUT2D eigenvalue weighted by molar-refractivity contribution is 0.0731. The van der Waals surface area contributed by atoms with E-state index in [4.69, 9.17) is 18.9 Å². The molecule has 0 aromatic heterocycles. The molecular weight excluding hydrogens is 348 g/mol. The number of ketones is 1. The fourth-order valence-corrected chi connectivity index (χ4v) is 3.35. The molecule has 0 saturated carbocycles. The molecule has 6 heteroatoms. The summed E-state index contributed by atoms with van der Waals surface area (Å²) in [4.78, 5) is 25.2. The van der Waals surface area contributed by atoms with Gasteiger partial charge in [0, 0.05) is 6.42 Å². The molecular formula is C21H22O6. The number of carbonyl (C=O) groups excluding carboxylic acids is 2. The quantitative estimate of drug-likeness (QED) is 0.590. The van der Waals surface area contributed by atoms with Crippen molar-refractivity contribution in [2.24, 2.45) is 0 Å². The van der Waals surface area contributed by atoms with Crippen molar-refractivity contribution in [1.82, 2.24) is 0 Å². The summed E-state index contributed by atoms with van der Waals surface area (Å²) in [5.41, 5.74) is 2.75. The van der Waals surface area contributed by atoms with Crippen molar-refractivity contribution in [2.45, 2.75) is 26.2 Å². The normalized spacial score (nSPS) is 13.0. The van der Waals surface area contributed by atoms with Gasteiger partial charge in [0.05, 0.1) is 32.5 Å². The van der Waals surface area contributed by atoms with Gasteiger partial charge in [0.2, 0.25) is 5.75 Å². The minimum atomic E-state index is -0.598. The fourth-order valence-electron chi connectivity index (χ4n) is 3.35. The lowest BCUT2D eigenvalue weighted by Crippen LogP contribution is -2.17. The van der Waals surface area contributed by atoms with E-state index >= 15 is 0 Å². The first-order chi connectivity index (χ1) is 13.0. The van der Waals surface area contributed by atoms with Crippen molar-refractivity contribution >= 4 is 11.8 Å². The molecule has 1 aliphatic carbocycles. The molecule has 0 spiro atoms. The first-order valence-corrected chi connectivity index (χ1v) is 8.68. The molecule has 0 radical (unpaired) electrons. The van der Waals surface area contributed by atoms with Gasteiger partial charge in [-0.25, -0.2) is 4.79 Å². The Morgan fingerprint density at radius 2 is 1.59 bits per heavy atom. The van der Waals surface area contributed by atoms with Crippen molar-refractivity contribution in [3.05, 3.63) is 46.5 Å². The lowest BCUT2D eigenvalue weighted by atomic mass is 9.87. The monoisotopic (exact) mass is 370 g/mol. The molecule has 0 unspecified atom stereocenters. The van der Waals surface area contributed by atoms with Crippen LogP contribution in [0.3, 0.4) is 0 Å². The standard InChI is InChI=1S/C21H22O6/c1-12-8-9-16(19-14(12)6-5-7-15(19)22)27-21(23)13-10-17(24-2)20(26-4)18(11-13)25-3/h8-11H,5-7H2,1-4H3. The largest absolute Gasteiger partial charge is 0.493 e. The van der Waals surface area contributed by atoms with Crippen LogP contribution in [0.5, 0.6) is 23.0 Å². The van der Waals surface area contributed by atoms with Gasteiger partial charge in [-0.3, -0.25) is 4.79 Å². The lowest BCUT2D eigenvalue weighted by Gasteiger charge is -2.20. The number of aryl methyl sites for hydroxylation is 1. The van der Waals surface area contributed by atoms with Crippen LogP contribution in [0.25, 0.3) is 0 Å². The number of methoxy groups -OCH3 is 3. The SMILES string of the molecule is COc1cc(C(=O)Oc2ccc(C)c3c2C(=O)CCC3)cc(OC)c1OC. The Morgan fingerprint density at radius 1 is 0.926 bits per heavy atom. The van der Waals surface area contributed by atoms with Crippen LogP contribution in [0.4, 0.5) is 0 Å². The van der Waals surface area contributed by atoms with Crippen LogP contribution in [-0.2, 0) is 6.42 Å². The highest BCUT2D eigenvalue weighted by atomic mass is 16.5. The molecule has 0 heterocycles. The van der Waals surface area contributed by atoms with E-state index in [2.05, 4.69) is 0 Å². The van der Waals surface area contributed by atoms with Crippen molar-refractivity contribution in [2.75, 3.05) is 21.3 Å². The minimum Gasteiger partial charge on any atom is -0.493 e. The Labute approximate surface area is 158 Å². The van der Waals surface area contributed by atoms with E-state index < -0.39 is 5.97 Å². The van der Waals surface area contributed by atoms with Crippen LogP contribution >= 0.6 is 0 Å². The molecule has 0 saturated heterocycles. The smallest absolute Gasteiger partial charge is 0.343 e. The summed E-state index contributed by atoms with van der Waals surface area (Å²) >= 11 is 0. The second kappa shape index (κ2) is 7.70. The van der Waals surface area contributed by atoms with Gasteiger partial charge in [-0.15, -0.1) is 0 Å². The van der Waals surface area contributed by atoms with Crippen LogP contribution in [0.1, 0.15) is 44.7 Å². The van der Waals surface area contributed by atoms with Crippen molar-refractivity contribution in [3.8, 4) is 23.0 Å². The second-order valence-corrected chi connectivity index (χ2v) is 6.31. The van der Waals surface area contributed by atoms with Gasteiger partial charge < -0.3 is 18.9 Å². The molecule has 2 aromatic carbocycles. The molecule has 3 rings (SSSR count). The molecule has 2 aromatic rings. The predicted molar refractivity (Wildman–Crippen MR) is 99.5 cm³/mol. The van der Waals surface area contributed by atoms with Gasteiger partial charge in [0.25, 0.3) is 0 Å². The Balaban J connectivity index is 1.99. The number of benzene rings is 2. The zero-order valence-corrected chi connectivity index (χ0v) is 15.9. The summed E-state index contributed by atoms with van der Waals surface area (Å²) in [5, 5.41) is 0. The summed E-state index contributed by atoms with van der Waals surface area (Å²) < 4.78 is 21.4. The molecule has 1 aliphatic rings. The molecule has 142 valence electrons. The number of ether oxygens (including phenoxy) is 4. The highest BCUT2D eigenvalue weighted by Gasteiger charge is 2.25. The maximum atomic E-state index is 12.7. The zero-order chi connectivity index (χ0) is 19.6. The number of esters is 1. The predicted octanol–water partition coefficient (Wildman–Crippen LogP) is 3.76. The van der Waals surface area contributed by atoms with Crippen LogP contribution in [-0.4, -0.2) is 33.1 Å². The van der Waals surface area contributed by atoms with E-state index in [-0.39, 0.29) is 11.3 Å². The number of rotatable bonds is 5. The molecule has 6 nitrogen and oxygen atoms in total. The van der Waals surface area contributed by atoms with Gasteiger partial charge in [-0.2, -0.15) is 0 Å². The summed E-state index contributed by atoms with van der Waals surface area (Å²) in [5.74, 6) is 0.793. The average molecular weight is 370 g/mol. The Kier molecular flexibility index (Phi) is 5.35. The minimum absolute atomic E-state index is 0.00708. The maximum Gasteiger partial charge on any atom is 0.343 e. The molecule has 27 heavy (non-hydrogen) atoms. The summed E-state index contributed by atoms with van der Waals surface area (Å²) in [6, 6.07) is 6.58. The summed E-state index contributed by atoms with van der Waals surface area (Å²) in [6.45, 7) is 1.96. The van der Waals surface area contributed by atoms with Crippen molar-refractivity contribution in [3.63, 3.8) is 0 Å². The Hall–Kier alpha value is -3.02. The number of fused-ring (bicyclic) bond motifs is 1. The average Bonchev–Trinajstić information content (AvgIpc) is 2.68. The van der Waals surface area contributed by atoms with Gasteiger partial charge in [0.15, 0.2) is 17.3 Å². The van der Waals surface area contributed by atoms with Crippen LogP contribution < -0.4 is 18.9 Å². The Bertz CT molecular complexity index is 875. The fraction of sp³-hybridized carbons (Fsp3) is 0.333. The van der Waals surface area contributed by atoms with Gasteiger partial charge >= 0.3 is 5.97 Å². The molecule has 0 aliphatic heterocycles. The summed E-state index contributed by atoms with van der Waals surface area (Å²) in [7, 11) is 4.44. The third-order valence-corrected chi connectivity index (χ3v) is 4.72. The van der Waals surface area contributed by atoms with E-state index in [1.807, 2.05) is 13.0 Å². The van der Waals surface area contributed by atoms with Crippen LogP contribution in [0.2, 0.25) is 0 Å². The Morgan fingerprint density at radius 3 is 2.19 bits per heavy atom. The van der Waals surface area contributed by atoms with E-state index in [1.54, 1.807) is 6.07 Å². The van der Waals surface area contributed by atoms with Crippen molar-refractivity contribution in [1.29, 1.82) is 0 Å². The number of Topliss-reactive ketones (excluding diaryl/α,β-unsaturated/α-hetero) is 1. The van der Waals surface area contributed by atoms with Gasteiger partial charge in [-0.1, -0.05) is 6.07 Å². The molecule has 0 bridgehead atoms. The maximum absolute atomic E-state index is 12.7. The van der Waals surface area contributed by atoms with E-state index in [0.717, 1.165) is 24.0 Å². The first kappa shape index (κ1) is 18.8. The molecule has 0 fully saturated rings. The van der Waals surface area contributed by atoms with Gasteiger partial charge in [-0.05, 0) is 49.1 Å². The summed E-state index contributed by atoms with van der Waals surface area (Å²) in [6.07, 6.45) is 2.09. The third kappa shape index (κ3) is 3.47. The first-order valence-electron chi connectivity index (χ1n) is 8.68.